The Balaban J connectivity index is 0.880. The highest BCUT2D eigenvalue weighted by Crippen LogP contribution is 2.60. The summed E-state index contributed by atoms with van der Waals surface area (Å²) in [5.41, 5.74) is 1.80. The van der Waals surface area contributed by atoms with Crippen molar-refractivity contribution in [3.63, 3.8) is 0 Å². The highest BCUT2D eigenvalue weighted by molar-refractivity contribution is 7.90. The summed E-state index contributed by atoms with van der Waals surface area (Å²) in [5, 5.41) is 15.0. The van der Waals surface area contributed by atoms with Crippen LogP contribution in [0.15, 0.2) is 47.4 Å². The largest absolute Gasteiger partial charge is 0.379 e. The lowest BCUT2D eigenvalue weighted by molar-refractivity contribution is -0.384. The minimum atomic E-state index is -4.32. The molecule has 2 heterocycles. The van der Waals surface area contributed by atoms with Crippen molar-refractivity contribution in [2.24, 2.45) is 29.1 Å². The summed E-state index contributed by atoms with van der Waals surface area (Å²) in [6.45, 7) is 3.95. The van der Waals surface area contributed by atoms with Crippen LogP contribution >= 0.6 is 0 Å². The standard InChI is InChI=1S/C36H47N5O5S/c42-35(38-47(45,46)32-10-11-33(34(16-32)41(43)44)37-20-24-4-2-1-3-5-24)28-6-8-29(9-7-28)40-22-30-15-31(40)21-39(30)23-36-17-25-12-26(18-36)14-27(13-25)19-36/h6-11,16,24-27,30-31,37H,1-5,12-15,17-23H2,(H,38,42). The average molecular weight is 662 g/mol. The Morgan fingerprint density at radius 3 is 2.19 bits per heavy atom. The Kier molecular flexibility index (Phi) is 7.98. The molecular formula is C36H47N5O5S. The fourth-order valence-corrected chi connectivity index (χ4v) is 11.8. The number of sulfonamides is 1. The van der Waals surface area contributed by atoms with Crippen molar-refractivity contribution in [1.82, 2.24) is 9.62 Å². The first-order chi connectivity index (χ1) is 22.6. The number of fused-ring (bicyclic) bond motifs is 2. The maximum atomic E-state index is 13.1. The number of nitro benzene ring substituents is 1. The van der Waals surface area contributed by atoms with Gasteiger partial charge in [0.15, 0.2) is 0 Å². The molecule has 2 unspecified atom stereocenters. The maximum absolute atomic E-state index is 13.1. The number of carbonyl (C=O) groups is 1. The van der Waals surface area contributed by atoms with Gasteiger partial charge in [0, 0.05) is 55.6 Å². The van der Waals surface area contributed by atoms with Crippen molar-refractivity contribution < 1.29 is 18.1 Å². The highest BCUT2D eigenvalue weighted by atomic mass is 32.2. The van der Waals surface area contributed by atoms with E-state index < -0.39 is 20.9 Å². The second-order valence-corrected chi connectivity index (χ2v) is 17.5. The van der Waals surface area contributed by atoms with Gasteiger partial charge in [-0.25, -0.2) is 13.1 Å². The van der Waals surface area contributed by atoms with Crippen LogP contribution in [0.3, 0.4) is 0 Å². The molecule has 0 radical (unpaired) electrons. The predicted octanol–water partition coefficient (Wildman–Crippen LogP) is 6.19. The number of hydrogen-bond acceptors (Lipinski definition) is 8. The molecule has 2 aliphatic heterocycles. The minimum Gasteiger partial charge on any atom is -0.379 e. The normalized spacial score (nSPS) is 31.7. The summed E-state index contributed by atoms with van der Waals surface area (Å²) in [5.74, 6) is 2.60. The number of nitro groups is 1. The molecule has 252 valence electrons. The number of nitrogens with zero attached hydrogens (tertiary/aromatic N) is 3. The lowest BCUT2D eigenvalue weighted by Crippen LogP contribution is -2.55. The Morgan fingerprint density at radius 2 is 1.57 bits per heavy atom. The quantitative estimate of drug-likeness (QED) is 0.228. The Hall–Kier alpha value is -3.18. The van der Waals surface area contributed by atoms with Crippen molar-refractivity contribution in [2.75, 3.05) is 36.4 Å². The van der Waals surface area contributed by atoms with Crippen molar-refractivity contribution >= 4 is 33.0 Å². The minimum absolute atomic E-state index is 0.227. The van der Waals surface area contributed by atoms with E-state index in [2.05, 4.69) is 19.8 Å². The summed E-state index contributed by atoms with van der Waals surface area (Å²) in [4.78, 5) is 29.2. The van der Waals surface area contributed by atoms with Gasteiger partial charge >= 0.3 is 0 Å². The van der Waals surface area contributed by atoms with Gasteiger partial charge in [0.1, 0.15) is 5.69 Å². The second kappa shape index (κ2) is 12.1. The van der Waals surface area contributed by atoms with Gasteiger partial charge in [0.25, 0.3) is 21.6 Å². The third-order valence-corrected chi connectivity index (χ3v) is 13.9. The first kappa shape index (κ1) is 31.1. The van der Waals surface area contributed by atoms with Gasteiger partial charge in [-0.05, 0) is 123 Å². The number of nitrogens with one attached hydrogen (secondary N) is 2. The van der Waals surface area contributed by atoms with Crippen LogP contribution in [0.5, 0.6) is 0 Å². The molecule has 7 fully saturated rings. The number of rotatable bonds is 10. The molecule has 2 atom stereocenters. The molecule has 10 nitrogen and oxygen atoms in total. The van der Waals surface area contributed by atoms with Crippen LogP contribution in [0.25, 0.3) is 0 Å². The second-order valence-electron chi connectivity index (χ2n) is 15.8. The van der Waals surface area contributed by atoms with Crippen LogP contribution < -0.4 is 14.9 Å². The van der Waals surface area contributed by atoms with E-state index in [0.717, 1.165) is 68.3 Å². The van der Waals surface area contributed by atoms with Crippen LogP contribution in [-0.4, -0.2) is 62.4 Å². The van der Waals surface area contributed by atoms with Crippen molar-refractivity contribution in [3.8, 4) is 0 Å². The fraction of sp³-hybridized carbons (Fsp3) is 0.639. The first-order valence-corrected chi connectivity index (χ1v) is 19.3. The van der Waals surface area contributed by atoms with Gasteiger partial charge < -0.3 is 10.2 Å². The number of likely N-dealkylation sites (tertiary alicyclic amines) is 1. The summed E-state index contributed by atoms with van der Waals surface area (Å²) in [6.07, 6.45) is 15.6. The predicted molar refractivity (Wildman–Crippen MR) is 181 cm³/mol. The lowest BCUT2D eigenvalue weighted by atomic mass is 9.49. The molecule has 2 aromatic carbocycles. The summed E-state index contributed by atoms with van der Waals surface area (Å²) >= 11 is 0. The van der Waals surface area contributed by atoms with Crippen LogP contribution in [0.4, 0.5) is 17.1 Å². The molecule has 2 aromatic rings. The highest BCUT2D eigenvalue weighted by Gasteiger charge is 2.53. The van der Waals surface area contributed by atoms with Crippen LogP contribution in [-0.2, 0) is 10.0 Å². The topological polar surface area (TPSA) is 125 Å². The van der Waals surface area contributed by atoms with Crippen LogP contribution in [0, 0.1) is 39.2 Å². The summed E-state index contributed by atoms with van der Waals surface area (Å²) in [7, 11) is -4.32. The van der Waals surface area contributed by atoms with E-state index in [1.807, 2.05) is 12.1 Å². The number of amides is 1. The molecule has 6 bridgehead atoms. The number of carbonyl (C=O) groups excluding carboxylic acids is 1. The van der Waals surface area contributed by atoms with Crippen LogP contribution in [0.1, 0.15) is 87.4 Å². The fourth-order valence-electron chi connectivity index (χ4n) is 10.8. The van der Waals surface area contributed by atoms with E-state index in [4.69, 9.17) is 0 Å². The molecule has 47 heavy (non-hydrogen) atoms. The zero-order valence-electron chi connectivity index (χ0n) is 27.1. The van der Waals surface area contributed by atoms with Gasteiger partial charge in [-0.3, -0.25) is 19.8 Å². The summed E-state index contributed by atoms with van der Waals surface area (Å²) < 4.78 is 28.4. The van der Waals surface area contributed by atoms with Gasteiger partial charge in [-0.2, -0.15) is 0 Å². The third kappa shape index (κ3) is 6.14. The zero-order valence-corrected chi connectivity index (χ0v) is 27.9. The van der Waals surface area contributed by atoms with Gasteiger partial charge in [0.2, 0.25) is 0 Å². The molecule has 0 spiro atoms. The van der Waals surface area contributed by atoms with Gasteiger partial charge in [-0.1, -0.05) is 19.3 Å². The molecule has 2 N–H and O–H groups in total. The molecule has 5 aliphatic carbocycles. The molecule has 5 saturated carbocycles. The number of benzene rings is 2. The van der Waals surface area contributed by atoms with Crippen molar-refractivity contribution in [1.29, 1.82) is 0 Å². The van der Waals surface area contributed by atoms with E-state index in [0.29, 0.717) is 30.0 Å². The Labute approximate surface area is 277 Å². The van der Waals surface area contributed by atoms with Gasteiger partial charge in [0.05, 0.1) is 9.82 Å². The maximum Gasteiger partial charge on any atom is 0.293 e. The number of hydrogen-bond donors (Lipinski definition) is 2. The average Bonchev–Trinajstić information content (AvgIpc) is 3.64. The molecule has 7 aliphatic rings. The van der Waals surface area contributed by atoms with E-state index in [1.165, 1.54) is 70.0 Å². The molecule has 9 rings (SSSR count). The SMILES string of the molecule is O=C(NS(=O)(=O)c1ccc(NCC2CCCCC2)c([N+](=O)[O-])c1)c1ccc(N2CC3CC2CN3CC23CC4CC(CC(C4)C2)C3)cc1. The van der Waals surface area contributed by atoms with Crippen molar-refractivity contribution in [2.45, 2.75) is 94.0 Å². The lowest BCUT2D eigenvalue weighted by Gasteiger charge is -2.58. The molecule has 11 heteroatoms. The zero-order chi connectivity index (χ0) is 32.3. The first-order valence-electron chi connectivity index (χ1n) is 17.8. The number of anilines is 2. The monoisotopic (exact) mass is 661 g/mol. The number of piperazine rings is 1. The van der Waals surface area contributed by atoms with E-state index in [-0.39, 0.29) is 21.8 Å². The molecular weight excluding hydrogens is 614 g/mol. The smallest absolute Gasteiger partial charge is 0.293 e. The van der Waals surface area contributed by atoms with Crippen molar-refractivity contribution in [3.05, 3.63) is 58.1 Å². The Bertz CT molecular complexity index is 1600. The van der Waals surface area contributed by atoms with E-state index in [1.54, 1.807) is 12.1 Å². The summed E-state index contributed by atoms with van der Waals surface area (Å²) in [6, 6.07) is 11.9. The van der Waals surface area contributed by atoms with E-state index >= 15 is 0 Å². The molecule has 2 saturated heterocycles. The Morgan fingerprint density at radius 1 is 0.894 bits per heavy atom. The van der Waals surface area contributed by atoms with Crippen LogP contribution in [0.2, 0.25) is 0 Å². The third-order valence-electron chi connectivity index (χ3n) is 12.5. The van der Waals surface area contributed by atoms with E-state index in [9.17, 15) is 23.3 Å². The molecule has 1 amide bonds. The van der Waals surface area contributed by atoms with Gasteiger partial charge in [-0.15, -0.1) is 0 Å². The molecule has 0 aromatic heterocycles.